The standard InChI is InChI=1S/C7H8Cl3NO/c1-4-2-3-5(12-4)6(11)7(8,9)10/h2-3,6H,11H2,1H3. The first-order chi connectivity index (χ1) is 5.41. The van der Waals surface area contributed by atoms with Crippen molar-refractivity contribution in [3.05, 3.63) is 23.7 Å². The highest BCUT2D eigenvalue weighted by molar-refractivity contribution is 6.68. The van der Waals surface area contributed by atoms with Crippen molar-refractivity contribution in [3.8, 4) is 0 Å². The quantitative estimate of drug-likeness (QED) is 0.751. The van der Waals surface area contributed by atoms with E-state index in [0.717, 1.165) is 5.76 Å². The second kappa shape index (κ2) is 3.46. The van der Waals surface area contributed by atoms with Crippen LogP contribution >= 0.6 is 34.8 Å². The molecular formula is C7H8Cl3NO. The molecule has 0 aliphatic rings. The van der Waals surface area contributed by atoms with Crippen LogP contribution in [0.5, 0.6) is 0 Å². The van der Waals surface area contributed by atoms with E-state index in [4.69, 9.17) is 45.0 Å². The fourth-order valence-electron chi connectivity index (χ4n) is 0.782. The van der Waals surface area contributed by atoms with Crippen molar-refractivity contribution in [2.24, 2.45) is 5.73 Å². The Balaban J connectivity index is 2.85. The van der Waals surface area contributed by atoms with Gasteiger partial charge >= 0.3 is 0 Å². The van der Waals surface area contributed by atoms with Crippen LogP contribution in [0.1, 0.15) is 17.6 Å². The minimum Gasteiger partial charge on any atom is -0.465 e. The number of alkyl halides is 3. The molecule has 68 valence electrons. The van der Waals surface area contributed by atoms with Crippen molar-refractivity contribution >= 4 is 34.8 Å². The SMILES string of the molecule is Cc1ccc(C(N)C(Cl)(Cl)Cl)o1. The molecule has 0 spiro atoms. The molecule has 0 aromatic carbocycles. The van der Waals surface area contributed by atoms with Crippen molar-refractivity contribution in [2.75, 3.05) is 0 Å². The van der Waals surface area contributed by atoms with Crippen molar-refractivity contribution in [1.29, 1.82) is 0 Å². The molecule has 1 aromatic heterocycles. The van der Waals surface area contributed by atoms with Gasteiger partial charge in [-0.1, -0.05) is 34.8 Å². The van der Waals surface area contributed by atoms with Gasteiger partial charge in [0.05, 0.1) is 0 Å². The maximum absolute atomic E-state index is 5.60. The van der Waals surface area contributed by atoms with E-state index < -0.39 is 9.83 Å². The summed E-state index contributed by atoms with van der Waals surface area (Å²) in [5.41, 5.74) is 5.60. The molecule has 1 unspecified atom stereocenters. The summed E-state index contributed by atoms with van der Waals surface area (Å²) in [4.78, 5) is 0. The predicted octanol–water partition coefficient (Wildman–Crippen LogP) is 2.96. The molecular weight excluding hydrogens is 220 g/mol. The van der Waals surface area contributed by atoms with Gasteiger partial charge in [0.15, 0.2) is 0 Å². The number of hydrogen-bond donors (Lipinski definition) is 1. The Morgan fingerprint density at radius 2 is 2.00 bits per heavy atom. The Bertz CT molecular complexity index is 266. The van der Waals surface area contributed by atoms with Crippen LogP contribution in [0.15, 0.2) is 16.5 Å². The van der Waals surface area contributed by atoms with Crippen molar-refractivity contribution in [2.45, 2.75) is 16.8 Å². The molecule has 1 rings (SSSR count). The lowest BCUT2D eigenvalue weighted by Gasteiger charge is -2.17. The Labute approximate surface area is 85.6 Å². The molecule has 2 nitrogen and oxygen atoms in total. The summed E-state index contributed by atoms with van der Waals surface area (Å²) in [6, 6.07) is 2.74. The largest absolute Gasteiger partial charge is 0.465 e. The lowest BCUT2D eigenvalue weighted by molar-refractivity contribution is 0.448. The Morgan fingerprint density at radius 3 is 2.33 bits per heavy atom. The Hall–Kier alpha value is 0.110. The van der Waals surface area contributed by atoms with Gasteiger partial charge in [0.25, 0.3) is 0 Å². The van der Waals surface area contributed by atoms with Gasteiger partial charge in [-0.2, -0.15) is 0 Å². The first kappa shape index (κ1) is 10.2. The van der Waals surface area contributed by atoms with Gasteiger partial charge in [-0.25, -0.2) is 0 Å². The third-order valence-corrected chi connectivity index (χ3v) is 2.13. The maximum Gasteiger partial charge on any atom is 0.212 e. The van der Waals surface area contributed by atoms with Gasteiger partial charge in [0.2, 0.25) is 3.79 Å². The average Bonchev–Trinajstić information content (AvgIpc) is 2.32. The number of rotatable bonds is 1. The summed E-state index contributed by atoms with van der Waals surface area (Å²) < 4.78 is 3.67. The molecule has 1 atom stereocenters. The van der Waals surface area contributed by atoms with E-state index in [9.17, 15) is 0 Å². The fourth-order valence-corrected chi connectivity index (χ4v) is 1.10. The highest BCUT2D eigenvalue weighted by atomic mass is 35.6. The number of aryl methyl sites for hydroxylation is 1. The second-order valence-corrected chi connectivity index (χ2v) is 4.84. The fraction of sp³-hybridized carbons (Fsp3) is 0.429. The van der Waals surface area contributed by atoms with E-state index in [2.05, 4.69) is 0 Å². The number of nitrogens with two attached hydrogens (primary N) is 1. The van der Waals surface area contributed by atoms with E-state index >= 15 is 0 Å². The molecule has 0 saturated heterocycles. The van der Waals surface area contributed by atoms with E-state index in [1.807, 2.05) is 0 Å². The van der Waals surface area contributed by atoms with Crippen LogP contribution in [0, 0.1) is 6.92 Å². The zero-order chi connectivity index (χ0) is 9.35. The molecule has 0 bridgehead atoms. The molecule has 0 saturated carbocycles. The molecule has 0 radical (unpaired) electrons. The lowest BCUT2D eigenvalue weighted by atomic mass is 10.3. The lowest BCUT2D eigenvalue weighted by Crippen LogP contribution is -2.24. The highest BCUT2D eigenvalue weighted by Crippen LogP contribution is 2.38. The van der Waals surface area contributed by atoms with Crippen molar-refractivity contribution < 1.29 is 4.42 Å². The van der Waals surface area contributed by atoms with E-state index in [-0.39, 0.29) is 0 Å². The summed E-state index contributed by atoms with van der Waals surface area (Å²) in [6.07, 6.45) is 0. The van der Waals surface area contributed by atoms with E-state index in [1.165, 1.54) is 0 Å². The molecule has 5 heteroatoms. The monoisotopic (exact) mass is 227 g/mol. The van der Waals surface area contributed by atoms with Gasteiger partial charge in [0, 0.05) is 0 Å². The normalized spacial score (nSPS) is 14.8. The molecule has 0 amide bonds. The third kappa shape index (κ3) is 2.30. The van der Waals surface area contributed by atoms with Crippen LogP contribution in [0.4, 0.5) is 0 Å². The van der Waals surface area contributed by atoms with Gasteiger partial charge in [-0.3, -0.25) is 0 Å². The van der Waals surface area contributed by atoms with Crippen LogP contribution in [0.3, 0.4) is 0 Å². The molecule has 0 aliphatic carbocycles. The number of hydrogen-bond acceptors (Lipinski definition) is 2. The molecule has 2 N–H and O–H groups in total. The summed E-state index contributed by atoms with van der Waals surface area (Å²) >= 11 is 16.7. The smallest absolute Gasteiger partial charge is 0.212 e. The van der Waals surface area contributed by atoms with Gasteiger partial charge < -0.3 is 10.2 Å². The Kier molecular flexibility index (Phi) is 2.94. The van der Waals surface area contributed by atoms with E-state index in [1.54, 1.807) is 19.1 Å². The number of furan rings is 1. The minimum absolute atomic E-state index is 0.479. The highest BCUT2D eigenvalue weighted by Gasteiger charge is 2.32. The van der Waals surface area contributed by atoms with Gasteiger partial charge in [-0.15, -0.1) is 0 Å². The Morgan fingerprint density at radius 1 is 1.42 bits per heavy atom. The van der Waals surface area contributed by atoms with Crippen molar-refractivity contribution in [3.63, 3.8) is 0 Å². The molecule has 1 aromatic rings. The summed E-state index contributed by atoms with van der Waals surface area (Å²) in [6.45, 7) is 1.80. The van der Waals surface area contributed by atoms with E-state index in [0.29, 0.717) is 5.76 Å². The molecule has 0 fully saturated rings. The second-order valence-electron chi connectivity index (χ2n) is 2.47. The minimum atomic E-state index is -1.52. The van der Waals surface area contributed by atoms with Gasteiger partial charge in [0.1, 0.15) is 17.6 Å². The summed E-state index contributed by atoms with van der Waals surface area (Å²) in [5, 5.41) is 0. The third-order valence-electron chi connectivity index (χ3n) is 1.42. The first-order valence-corrected chi connectivity index (χ1v) is 4.43. The van der Waals surface area contributed by atoms with Crippen molar-refractivity contribution in [1.82, 2.24) is 0 Å². The van der Waals surface area contributed by atoms with Crippen LogP contribution in [0.2, 0.25) is 0 Å². The van der Waals surface area contributed by atoms with Crippen LogP contribution in [-0.4, -0.2) is 3.79 Å². The topological polar surface area (TPSA) is 39.2 Å². The van der Waals surface area contributed by atoms with Gasteiger partial charge in [-0.05, 0) is 19.1 Å². The van der Waals surface area contributed by atoms with Crippen LogP contribution in [0.25, 0.3) is 0 Å². The average molecular weight is 229 g/mol. The number of halogens is 3. The molecule has 1 heterocycles. The van der Waals surface area contributed by atoms with Crippen LogP contribution < -0.4 is 5.73 Å². The first-order valence-electron chi connectivity index (χ1n) is 3.30. The molecule has 0 aliphatic heterocycles. The molecule has 12 heavy (non-hydrogen) atoms. The zero-order valence-corrected chi connectivity index (χ0v) is 8.62. The zero-order valence-electron chi connectivity index (χ0n) is 6.35. The predicted molar refractivity (Wildman–Crippen MR) is 50.7 cm³/mol. The summed E-state index contributed by atoms with van der Waals surface area (Å²) in [7, 11) is 0. The summed E-state index contributed by atoms with van der Waals surface area (Å²) in [5.74, 6) is 1.22. The maximum atomic E-state index is 5.60. The van der Waals surface area contributed by atoms with Crippen LogP contribution in [-0.2, 0) is 0 Å².